The van der Waals surface area contributed by atoms with E-state index >= 15 is 0 Å². The minimum Gasteiger partial charge on any atom is -0.333 e. The minimum absolute atomic E-state index is 0.112. The molecule has 0 N–H and O–H groups in total. The Morgan fingerprint density at radius 3 is 2.00 bits per heavy atom. The quantitative estimate of drug-likeness (QED) is 0.585. The number of hydrogen-bond acceptors (Lipinski definition) is 5. The highest BCUT2D eigenvalue weighted by molar-refractivity contribution is 5.65. The van der Waals surface area contributed by atoms with Crippen molar-refractivity contribution in [1.82, 2.24) is 0 Å². The summed E-state index contributed by atoms with van der Waals surface area (Å²) in [7, 11) is 0. The Kier molecular flexibility index (Phi) is 5.61. The maximum absolute atomic E-state index is 10.8. The van der Waals surface area contributed by atoms with Gasteiger partial charge in [0.2, 0.25) is 11.5 Å². The average molecular weight is 296 g/mol. The molecule has 0 spiro atoms. The number of hydrogen-bond donors (Lipinski definition) is 0. The number of carbonyl (C=O) groups is 1. The first-order valence-corrected chi connectivity index (χ1v) is 6.89. The lowest BCUT2D eigenvalue weighted by atomic mass is 9.84. The van der Waals surface area contributed by atoms with E-state index in [9.17, 15) is 4.79 Å². The van der Waals surface area contributed by atoms with Crippen LogP contribution in [0.4, 0.5) is 0 Å². The molecule has 0 aromatic heterocycles. The molecule has 0 saturated heterocycles. The number of benzene rings is 1. The van der Waals surface area contributed by atoms with Crippen LogP contribution in [0.1, 0.15) is 48.0 Å². The van der Waals surface area contributed by atoms with Crippen LogP contribution in [-0.2, 0) is 14.6 Å². The van der Waals surface area contributed by atoms with Crippen LogP contribution in [0.3, 0.4) is 0 Å². The third-order valence-electron chi connectivity index (χ3n) is 2.41. The largest absolute Gasteiger partial charge is 0.352 e. The maximum atomic E-state index is 10.8. The van der Waals surface area contributed by atoms with Crippen molar-refractivity contribution < 1.29 is 24.3 Å². The summed E-state index contributed by atoms with van der Waals surface area (Å²) >= 11 is 0. The molecular formula is C16H24O5. The van der Waals surface area contributed by atoms with E-state index in [1.54, 1.807) is 24.3 Å². The van der Waals surface area contributed by atoms with Gasteiger partial charge in [0.05, 0.1) is 0 Å². The molecule has 0 radical (unpaired) electrons. The first-order valence-electron chi connectivity index (χ1n) is 6.89. The molecular weight excluding hydrogens is 272 g/mol. The lowest BCUT2D eigenvalue weighted by Crippen LogP contribution is -2.31. The summed E-state index contributed by atoms with van der Waals surface area (Å²) in [6.07, 6.45) is 0.812. The predicted molar refractivity (Wildman–Crippen MR) is 78.7 cm³/mol. The van der Waals surface area contributed by atoms with Crippen LogP contribution >= 0.6 is 0 Å². The zero-order valence-corrected chi connectivity index (χ0v) is 13.6. The Labute approximate surface area is 126 Å². The summed E-state index contributed by atoms with van der Waals surface area (Å²) in [5, 5.41) is 0. The fourth-order valence-corrected chi connectivity index (χ4v) is 2.16. The lowest BCUT2D eigenvalue weighted by Gasteiger charge is -2.30. The van der Waals surface area contributed by atoms with E-state index in [1.165, 1.54) is 6.92 Å². The first kappa shape index (κ1) is 17.3. The van der Waals surface area contributed by atoms with E-state index in [-0.39, 0.29) is 11.2 Å². The van der Waals surface area contributed by atoms with E-state index in [1.807, 2.05) is 13.8 Å². The second-order valence-corrected chi connectivity index (χ2v) is 6.77. The van der Waals surface area contributed by atoms with Crippen molar-refractivity contribution >= 4 is 5.97 Å². The van der Waals surface area contributed by atoms with Gasteiger partial charge >= 0.3 is 5.97 Å². The Morgan fingerprint density at radius 1 is 1.00 bits per heavy atom. The Balaban J connectivity index is 2.68. The molecule has 0 heterocycles. The average Bonchev–Trinajstić information content (AvgIpc) is 2.32. The van der Waals surface area contributed by atoms with Crippen molar-refractivity contribution in [1.29, 1.82) is 0 Å². The summed E-state index contributed by atoms with van der Waals surface area (Å²) in [5.74, 6) is 0.0822. The molecule has 5 nitrogen and oxygen atoms in total. The molecule has 0 bridgehead atoms. The summed E-state index contributed by atoms with van der Waals surface area (Å²) in [4.78, 5) is 31.1. The summed E-state index contributed by atoms with van der Waals surface area (Å²) in [5.41, 5.74) is -0.354. The lowest BCUT2D eigenvalue weighted by molar-refractivity contribution is -0.290. The molecule has 0 aliphatic carbocycles. The molecule has 0 aliphatic rings. The Bertz CT molecular complexity index is 474. The van der Waals surface area contributed by atoms with Crippen LogP contribution in [0.25, 0.3) is 0 Å². The number of carbonyl (C=O) groups excluding carboxylic acids is 1. The van der Waals surface area contributed by atoms with Crippen LogP contribution in [-0.4, -0.2) is 11.6 Å². The van der Waals surface area contributed by atoms with Crippen molar-refractivity contribution in [3.05, 3.63) is 24.3 Å². The van der Waals surface area contributed by atoms with Gasteiger partial charge in [0.25, 0.3) is 0 Å². The standard InChI is InChI=1S/C16H24O5/c1-12(17)18-19-13-9-7-8-10-14(13)20-21-16(5,6)11-15(2,3)4/h7-10H,11H2,1-6H3. The summed E-state index contributed by atoms with van der Waals surface area (Å²) < 4.78 is 0. The first-order chi connectivity index (χ1) is 9.59. The number of para-hydroxylation sites is 2. The van der Waals surface area contributed by atoms with Crippen LogP contribution < -0.4 is 9.78 Å². The SMILES string of the molecule is CC(=O)OOc1ccccc1OOC(C)(C)CC(C)(C)C. The van der Waals surface area contributed by atoms with Crippen molar-refractivity contribution in [3.63, 3.8) is 0 Å². The van der Waals surface area contributed by atoms with Gasteiger partial charge in [0, 0.05) is 6.92 Å². The van der Waals surface area contributed by atoms with Crippen molar-refractivity contribution in [2.24, 2.45) is 5.41 Å². The van der Waals surface area contributed by atoms with Crippen LogP contribution in [0.5, 0.6) is 11.5 Å². The molecule has 5 heteroatoms. The molecule has 118 valence electrons. The molecule has 1 aromatic carbocycles. The second kappa shape index (κ2) is 6.80. The van der Waals surface area contributed by atoms with Crippen LogP contribution in [0.15, 0.2) is 24.3 Å². The van der Waals surface area contributed by atoms with E-state index < -0.39 is 11.6 Å². The van der Waals surface area contributed by atoms with E-state index in [0.29, 0.717) is 5.75 Å². The highest BCUT2D eigenvalue weighted by atomic mass is 17.2. The minimum atomic E-state index is -0.543. The second-order valence-electron chi connectivity index (χ2n) is 6.77. The van der Waals surface area contributed by atoms with Gasteiger partial charge in [-0.1, -0.05) is 32.9 Å². The molecule has 0 atom stereocenters. The zero-order chi connectivity index (χ0) is 16.1. The monoisotopic (exact) mass is 296 g/mol. The third-order valence-corrected chi connectivity index (χ3v) is 2.41. The van der Waals surface area contributed by atoms with Crippen LogP contribution in [0.2, 0.25) is 0 Å². The zero-order valence-electron chi connectivity index (χ0n) is 13.6. The summed E-state index contributed by atoms with van der Waals surface area (Å²) in [6.45, 7) is 11.6. The molecule has 0 saturated carbocycles. The van der Waals surface area contributed by atoms with E-state index in [4.69, 9.17) is 14.7 Å². The summed E-state index contributed by atoms with van der Waals surface area (Å²) in [6, 6.07) is 6.81. The Hall–Kier alpha value is -1.75. The van der Waals surface area contributed by atoms with Gasteiger partial charge in [-0.25, -0.2) is 4.79 Å². The highest BCUT2D eigenvalue weighted by Gasteiger charge is 2.28. The maximum Gasteiger partial charge on any atom is 0.352 e. The van der Waals surface area contributed by atoms with E-state index in [2.05, 4.69) is 25.7 Å². The molecule has 0 amide bonds. The fraction of sp³-hybridized carbons (Fsp3) is 0.562. The predicted octanol–water partition coefficient (Wildman–Crippen LogP) is 4.07. The highest BCUT2D eigenvalue weighted by Crippen LogP contribution is 2.32. The van der Waals surface area contributed by atoms with Gasteiger partial charge in [-0.15, -0.1) is 0 Å². The molecule has 21 heavy (non-hydrogen) atoms. The van der Waals surface area contributed by atoms with Gasteiger partial charge in [0.15, 0.2) is 0 Å². The van der Waals surface area contributed by atoms with Gasteiger partial charge in [-0.2, -0.15) is 4.89 Å². The van der Waals surface area contributed by atoms with E-state index in [0.717, 1.165) is 6.42 Å². The topological polar surface area (TPSA) is 54.0 Å². The molecule has 1 aromatic rings. The van der Waals surface area contributed by atoms with Crippen LogP contribution in [0, 0.1) is 5.41 Å². The van der Waals surface area contributed by atoms with Gasteiger partial charge < -0.3 is 4.89 Å². The van der Waals surface area contributed by atoms with Crippen molar-refractivity contribution in [2.45, 2.75) is 53.6 Å². The molecule has 0 unspecified atom stereocenters. The van der Waals surface area contributed by atoms with Gasteiger partial charge in [-0.3, -0.25) is 9.78 Å². The fourth-order valence-electron chi connectivity index (χ4n) is 2.16. The third kappa shape index (κ3) is 6.99. The number of rotatable bonds is 6. The molecule has 0 aliphatic heterocycles. The van der Waals surface area contributed by atoms with Crippen molar-refractivity contribution in [2.75, 3.05) is 0 Å². The van der Waals surface area contributed by atoms with Crippen molar-refractivity contribution in [3.8, 4) is 11.5 Å². The van der Waals surface area contributed by atoms with Gasteiger partial charge in [-0.05, 0) is 37.8 Å². The molecule has 0 fully saturated rings. The Morgan fingerprint density at radius 2 is 1.52 bits per heavy atom. The van der Waals surface area contributed by atoms with Gasteiger partial charge in [0.1, 0.15) is 5.60 Å². The normalized spacial score (nSPS) is 11.9. The smallest absolute Gasteiger partial charge is 0.333 e. The molecule has 1 rings (SSSR count).